The number of carbonyl (C=O) groups excluding carboxylic acids is 1. The highest BCUT2D eigenvalue weighted by atomic mass is 16.6. The van der Waals surface area contributed by atoms with Crippen LogP contribution in [0.2, 0.25) is 0 Å². The second-order valence-corrected chi connectivity index (χ2v) is 2.75. The van der Waals surface area contributed by atoms with Crippen LogP contribution in [0, 0.1) is 16.0 Å². The molecule has 66 valence electrons. The lowest BCUT2D eigenvalue weighted by Gasteiger charge is -2.12. The Balaban J connectivity index is 2.44. The molecule has 0 aromatic heterocycles. The first kappa shape index (κ1) is 8.70. The number of ether oxygens (including phenoxy) is 1. The van der Waals surface area contributed by atoms with Crippen molar-refractivity contribution in [1.82, 2.24) is 0 Å². The van der Waals surface area contributed by atoms with Gasteiger partial charge in [0.1, 0.15) is 6.10 Å². The summed E-state index contributed by atoms with van der Waals surface area (Å²) in [5.41, 5.74) is 0. The quantitative estimate of drug-likeness (QED) is 0.349. The van der Waals surface area contributed by atoms with Crippen LogP contribution >= 0.6 is 0 Å². The van der Waals surface area contributed by atoms with Gasteiger partial charge in [0.05, 0.1) is 5.92 Å². The zero-order chi connectivity index (χ0) is 9.14. The molecule has 0 amide bonds. The van der Waals surface area contributed by atoms with Crippen molar-refractivity contribution in [3.8, 4) is 0 Å². The van der Waals surface area contributed by atoms with E-state index < -0.39 is 17.0 Å². The Morgan fingerprint density at radius 2 is 2.50 bits per heavy atom. The number of nitrogens with zero attached hydrogens (tertiary/aromatic N) is 1. The number of carbonyl (C=O) groups is 1. The predicted molar refractivity (Wildman–Crippen MR) is 40.0 cm³/mol. The molecule has 2 atom stereocenters. The molecule has 0 unspecified atom stereocenters. The van der Waals surface area contributed by atoms with E-state index in [-0.39, 0.29) is 12.5 Å². The lowest BCUT2D eigenvalue weighted by molar-refractivity contribution is -0.489. The average Bonchev–Trinajstić information content (AvgIpc) is 2.34. The van der Waals surface area contributed by atoms with Crippen LogP contribution in [0.1, 0.15) is 6.92 Å². The predicted octanol–water partition coefficient (Wildman–Crippen LogP) is 0.381. The standard InChI is InChI=1S/C7H9NO4/c1-5(4-8(10)11)6-2-3-7(9)12-6/h2-3,5-6H,4H2,1H3/t5-,6-/m1/s1. The number of hydrogen-bond donors (Lipinski definition) is 0. The van der Waals surface area contributed by atoms with Gasteiger partial charge in [-0.1, -0.05) is 6.92 Å². The largest absolute Gasteiger partial charge is 0.454 e. The Morgan fingerprint density at radius 3 is 2.92 bits per heavy atom. The molecule has 0 aromatic carbocycles. The maximum atomic E-state index is 10.6. The second-order valence-electron chi connectivity index (χ2n) is 2.75. The number of esters is 1. The summed E-state index contributed by atoms with van der Waals surface area (Å²) in [6.45, 7) is 1.50. The van der Waals surface area contributed by atoms with Gasteiger partial charge in [-0.2, -0.15) is 0 Å². The Bertz CT molecular complexity index is 236. The summed E-state index contributed by atoms with van der Waals surface area (Å²) in [4.78, 5) is 20.2. The maximum Gasteiger partial charge on any atom is 0.331 e. The summed E-state index contributed by atoms with van der Waals surface area (Å²) in [5.74, 6) is -0.683. The molecule has 0 aromatic rings. The molecule has 1 aliphatic heterocycles. The molecule has 0 saturated heterocycles. The topological polar surface area (TPSA) is 69.4 Å². The Labute approximate surface area is 69.2 Å². The molecule has 0 spiro atoms. The fraction of sp³-hybridized carbons (Fsp3) is 0.571. The summed E-state index contributed by atoms with van der Waals surface area (Å²) in [6, 6.07) is 0. The lowest BCUT2D eigenvalue weighted by atomic mass is 10.1. The van der Waals surface area contributed by atoms with E-state index in [2.05, 4.69) is 0 Å². The second kappa shape index (κ2) is 3.34. The van der Waals surface area contributed by atoms with Gasteiger partial charge in [0.25, 0.3) is 0 Å². The molecule has 5 heteroatoms. The summed E-state index contributed by atoms with van der Waals surface area (Å²) in [7, 11) is 0. The zero-order valence-electron chi connectivity index (χ0n) is 6.60. The smallest absolute Gasteiger partial charge is 0.331 e. The minimum absolute atomic E-state index is 0.178. The normalized spacial score (nSPS) is 23.8. The van der Waals surface area contributed by atoms with Crippen LogP contribution in [0.4, 0.5) is 0 Å². The first-order valence-electron chi connectivity index (χ1n) is 3.60. The van der Waals surface area contributed by atoms with Crippen molar-refractivity contribution in [3.63, 3.8) is 0 Å². The summed E-state index contributed by atoms with van der Waals surface area (Å²) >= 11 is 0. The minimum Gasteiger partial charge on any atom is -0.454 e. The van der Waals surface area contributed by atoms with E-state index in [0.717, 1.165) is 0 Å². The van der Waals surface area contributed by atoms with Gasteiger partial charge in [0, 0.05) is 11.0 Å². The number of hydrogen-bond acceptors (Lipinski definition) is 4. The highest BCUT2D eigenvalue weighted by molar-refractivity contribution is 5.84. The van der Waals surface area contributed by atoms with Gasteiger partial charge in [-0.05, 0) is 6.08 Å². The SMILES string of the molecule is C[C@H](C[N+](=O)[O-])[C@H]1C=CC(=O)O1. The molecule has 5 nitrogen and oxygen atoms in total. The van der Waals surface area contributed by atoms with Gasteiger partial charge in [-0.15, -0.1) is 0 Å². The van der Waals surface area contributed by atoms with E-state index in [1.54, 1.807) is 13.0 Å². The molecular formula is C7H9NO4. The first-order valence-corrected chi connectivity index (χ1v) is 3.60. The van der Waals surface area contributed by atoms with Crippen molar-refractivity contribution in [2.75, 3.05) is 6.54 Å². The molecule has 0 bridgehead atoms. The van der Waals surface area contributed by atoms with Gasteiger partial charge in [-0.25, -0.2) is 4.79 Å². The molecule has 0 saturated carbocycles. The van der Waals surface area contributed by atoms with E-state index >= 15 is 0 Å². The fourth-order valence-corrected chi connectivity index (χ4v) is 1.03. The molecule has 1 heterocycles. The van der Waals surface area contributed by atoms with Crippen LogP contribution in [0.15, 0.2) is 12.2 Å². The third kappa shape index (κ3) is 2.05. The zero-order valence-corrected chi connectivity index (χ0v) is 6.60. The van der Waals surface area contributed by atoms with E-state index in [0.29, 0.717) is 0 Å². The van der Waals surface area contributed by atoms with E-state index in [1.807, 2.05) is 0 Å². The third-order valence-electron chi connectivity index (χ3n) is 1.67. The summed E-state index contributed by atoms with van der Waals surface area (Å²) in [6.07, 6.45) is 2.42. The van der Waals surface area contributed by atoms with E-state index in [9.17, 15) is 14.9 Å². The highest BCUT2D eigenvalue weighted by Gasteiger charge is 2.26. The highest BCUT2D eigenvalue weighted by Crippen LogP contribution is 2.14. The summed E-state index contributed by atoms with van der Waals surface area (Å²) < 4.78 is 4.77. The molecule has 1 rings (SSSR count). The monoisotopic (exact) mass is 171 g/mol. The average molecular weight is 171 g/mol. The van der Waals surface area contributed by atoms with Crippen LogP contribution in [0.5, 0.6) is 0 Å². The Kier molecular flexibility index (Phi) is 2.42. The Hall–Kier alpha value is -1.39. The van der Waals surface area contributed by atoms with Gasteiger partial charge >= 0.3 is 5.97 Å². The van der Waals surface area contributed by atoms with Crippen LogP contribution in [0.25, 0.3) is 0 Å². The van der Waals surface area contributed by atoms with Crippen molar-refractivity contribution in [3.05, 3.63) is 22.3 Å². The molecule has 0 radical (unpaired) electrons. The van der Waals surface area contributed by atoms with Crippen molar-refractivity contribution >= 4 is 5.97 Å². The number of rotatable bonds is 3. The van der Waals surface area contributed by atoms with E-state index in [1.165, 1.54) is 6.08 Å². The van der Waals surface area contributed by atoms with Gasteiger partial charge < -0.3 is 4.74 Å². The first-order chi connectivity index (χ1) is 5.59. The van der Waals surface area contributed by atoms with Gasteiger partial charge in [-0.3, -0.25) is 10.1 Å². The third-order valence-corrected chi connectivity index (χ3v) is 1.67. The number of cyclic esters (lactones) is 1. The van der Waals surface area contributed by atoms with Crippen molar-refractivity contribution in [2.45, 2.75) is 13.0 Å². The van der Waals surface area contributed by atoms with Crippen LogP contribution < -0.4 is 0 Å². The van der Waals surface area contributed by atoms with Crippen LogP contribution in [0.3, 0.4) is 0 Å². The van der Waals surface area contributed by atoms with E-state index in [4.69, 9.17) is 4.74 Å². The molecular weight excluding hydrogens is 162 g/mol. The fourth-order valence-electron chi connectivity index (χ4n) is 1.03. The molecule has 0 N–H and O–H groups in total. The molecule has 1 aliphatic rings. The van der Waals surface area contributed by atoms with Crippen LogP contribution in [-0.2, 0) is 9.53 Å². The Morgan fingerprint density at radius 1 is 1.83 bits per heavy atom. The van der Waals surface area contributed by atoms with Crippen molar-refractivity contribution in [1.29, 1.82) is 0 Å². The molecule has 0 aliphatic carbocycles. The van der Waals surface area contributed by atoms with Gasteiger partial charge in [0.2, 0.25) is 6.54 Å². The lowest BCUT2D eigenvalue weighted by Crippen LogP contribution is -2.24. The van der Waals surface area contributed by atoms with Gasteiger partial charge in [0.15, 0.2) is 0 Å². The van der Waals surface area contributed by atoms with Crippen LogP contribution in [-0.4, -0.2) is 23.5 Å². The molecule has 0 fully saturated rings. The molecule has 12 heavy (non-hydrogen) atoms. The van der Waals surface area contributed by atoms with Crippen molar-refractivity contribution in [2.24, 2.45) is 5.92 Å². The number of nitro groups is 1. The van der Waals surface area contributed by atoms with Crippen molar-refractivity contribution < 1.29 is 14.5 Å². The minimum atomic E-state index is -0.428. The summed E-state index contributed by atoms with van der Waals surface area (Å²) in [5, 5.41) is 10.1. The maximum absolute atomic E-state index is 10.6.